The Hall–Kier alpha value is -3.49. The van der Waals surface area contributed by atoms with Gasteiger partial charge in [0.05, 0.1) is 17.5 Å². The monoisotopic (exact) mass is 491 g/mol. The molecule has 1 aliphatic heterocycles. The Labute approximate surface area is 209 Å². The summed E-state index contributed by atoms with van der Waals surface area (Å²) < 4.78 is 5.66. The van der Waals surface area contributed by atoms with Crippen LogP contribution in [0.4, 0.5) is 5.69 Å². The van der Waals surface area contributed by atoms with Crippen LogP contribution in [-0.2, 0) is 14.3 Å². The van der Waals surface area contributed by atoms with Crippen molar-refractivity contribution in [2.45, 2.75) is 31.9 Å². The van der Waals surface area contributed by atoms with Crippen LogP contribution in [0.3, 0.4) is 0 Å². The number of anilines is 1. The van der Waals surface area contributed by atoms with Gasteiger partial charge < -0.3 is 15.4 Å². The Bertz CT molecular complexity index is 1140. The fraction of sp³-hybridized carbons (Fsp3) is 0.296. The molecule has 3 aromatic rings. The van der Waals surface area contributed by atoms with Gasteiger partial charge in [-0.3, -0.25) is 19.3 Å². The van der Waals surface area contributed by atoms with Crippen LogP contribution in [0.5, 0.6) is 0 Å². The second-order valence-corrected chi connectivity index (χ2v) is 9.35. The average Bonchev–Trinajstić information content (AvgIpc) is 3.60. The first kappa shape index (κ1) is 24.6. The van der Waals surface area contributed by atoms with Crippen molar-refractivity contribution in [3.8, 4) is 0 Å². The molecular formula is C27H29N3O4S. The molecule has 4 rings (SSSR count). The minimum Gasteiger partial charge on any atom is -0.376 e. The molecule has 0 radical (unpaired) electrons. The van der Waals surface area contributed by atoms with Gasteiger partial charge in [0, 0.05) is 18.8 Å². The molecule has 0 unspecified atom stereocenters. The number of nitrogens with zero attached hydrogens (tertiary/aromatic N) is 1. The molecule has 3 amide bonds. The van der Waals surface area contributed by atoms with E-state index in [1.807, 2.05) is 61.5 Å². The number of rotatable bonds is 9. The quantitative estimate of drug-likeness (QED) is 0.476. The van der Waals surface area contributed by atoms with E-state index >= 15 is 0 Å². The minimum absolute atomic E-state index is 0.0249. The van der Waals surface area contributed by atoms with Gasteiger partial charge in [0.2, 0.25) is 11.8 Å². The molecule has 0 bridgehead atoms. The van der Waals surface area contributed by atoms with Crippen molar-refractivity contribution in [3.05, 3.63) is 88.1 Å². The Balaban J connectivity index is 1.64. The van der Waals surface area contributed by atoms with Crippen LogP contribution < -0.4 is 15.5 Å². The van der Waals surface area contributed by atoms with Crippen LogP contribution in [0, 0.1) is 6.92 Å². The van der Waals surface area contributed by atoms with Gasteiger partial charge in [0.25, 0.3) is 5.91 Å². The molecule has 1 aromatic heterocycles. The van der Waals surface area contributed by atoms with E-state index in [1.165, 1.54) is 16.2 Å². The summed E-state index contributed by atoms with van der Waals surface area (Å²) >= 11 is 1.30. The van der Waals surface area contributed by atoms with Gasteiger partial charge in [-0.2, -0.15) is 0 Å². The number of nitrogens with one attached hydrogen (secondary N) is 2. The maximum absolute atomic E-state index is 13.7. The summed E-state index contributed by atoms with van der Waals surface area (Å²) in [6, 6.07) is 19.2. The number of carbonyl (C=O) groups is 3. The number of amides is 3. The number of benzene rings is 2. The molecule has 1 saturated heterocycles. The minimum atomic E-state index is -0.912. The zero-order valence-electron chi connectivity index (χ0n) is 19.6. The van der Waals surface area contributed by atoms with Crippen LogP contribution in [0.25, 0.3) is 0 Å². The van der Waals surface area contributed by atoms with Crippen molar-refractivity contribution in [2.24, 2.45) is 0 Å². The number of ether oxygens (including phenoxy) is 1. The van der Waals surface area contributed by atoms with E-state index in [1.54, 1.807) is 17.5 Å². The largest absolute Gasteiger partial charge is 0.376 e. The highest BCUT2D eigenvalue weighted by atomic mass is 32.1. The topological polar surface area (TPSA) is 87.7 Å². The second-order valence-electron chi connectivity index (χ2n) is 8.40. The van der Waals surface area contributed by atoms with Gasteiger partial charge in [0.15, 0.2) is 0 Å². The molecular weight excluding hydrogens is 462 g/mol. The third-order valence-electron chi connectivity index (χ3n) is 5.94. The molecule has 0 spiro atoms. The molecule has 0 aliphatic carbocycles. The lowest BCUT2D eigenvalue weighted by Crippen LogP contribution is -2.48. The van der Waals surface area contributed by atoms with E-state index in [4.69, 9.17) is 4.74 Å². The molecule has 2 N–H and O–H groups in total. The van der Waals surface area contributed by atoms with Crippen LogP contribution in [0.2, 0.25) is 0 Å². The van der Waals surface area contributed by atoms with E-state index in [-0.39, 0.29) is 30.4 Å². The highest BCUT2D eigenvalue weighted by Crippen LogP contribution is 2.30. The predicted octanol–water partition coefficient (Wildman–Crippen LogP) is 3.86. The smallest absolute Gasteiger partial charge is 0.261 e. The maximum atomic E-state index is 13.7. The van der Waals surface area contributed by atoms with Crippen molar-refractivity contribution in [1.29, 1.82) is 0 Å². The SMILES string of the molecule is Cc1ccccc1N(C(=O)CNC(=O)c1cccs1)[C@H](C(=O)NC[C@H]1CCCO1)c1ccccc1. The van der Waals surface area contributed by atoms with Crippen LogP contribution in [0.1, 0.15) is 39.7 Å². The molecule has 35 heavy (non-hydrogen) atoms. The lowest BCUT2D eigenvalue weighted by molar-refractivity contribution is -0.126. The van der Waals surface area contributed by atoms with Crippen LogP contribution in [-0.4, -0.2) is 43.5 Å². The molecule has 2 aromatic carbocycles. The molecule has 2 atom stereocenters. The Morgan fingerprint density at radius 2 is 1.80 bits per heavy atom. The Morgan fingerprint density at radius 3 is 2.49 bits per heavy atom. The van der Waals surface area contributed by atoms with Crippen molar-refractivity contribution in [2.75, 3.05) is 24.6 Å². The third-order valence-corrected chi connectivity index (χ3v) is 6.81. The summed E-state index contributed by atoms with van der Waals surface area (Å²) in [5, 5.41) is 7.50. The second kappa shape index (κ2) is 11.8. The first-order valence-electron chi connectivity index (χ1n) is 11.7. The number of aryl methyl sites for hydroxylation is 1. The summed E-state index contributed by atoms with van der Waals surface area (Å²) in [5.41, 5.74) is 2.14. The van der Waals surface area contributed by atoms with Crippen LogP contribution in [0.15, 0.2) is 72.1 Å². The zero-order valence-corrected chi connectivity index (χ0v) is 20.4. The number of carbonyl (C=O) groups excluding carboxylic acids is 3. The molecule has 1 fully saturated rings. The van der Waals surface area contributed by atoms with Gasteiger partial charge in [-0.1, -0.05) is 54.6 Å². The fourth-order valence-electron chi connectivity index (χ4n) is 4.16. The van der Waals surface area contributed by atoms with E-state index in [2.05, 4.69) is 10.6 Å². The molecule has 0 saturated carbocycles. The summed E-state index contributed by atoms with van der Waals surface area (Å²) in [6.45, 7) is 2.73. The maximum Gasteiger partial charge on any atom is 0.261 e. The molecule has 7 nitrogen and oxygen atoms in total. The predicted molar refractivity (Wildman–Crippen MR) is 136 cm³/mol. The van der Waals surface area contributed by atoms with Gasteiger partial charge >= 0.3 is 0 Å². The van der Waals surface area contributed by atoms with Gasteiger partial charge in [-0.25, -0.2) is 0 Å². The van der Waals surface area contributed by atoms with Crippen molar-refractivity contribution >= 4 is 34.7 Å². The van der Waals surface area contributed by atoms with Crippen molar-refractivity contribution in [3.63, 3.8) is 0 Å². The Kier molecular flexibility index (Phi) is 8.28. The number of hydrogen-bond donors (Lipinski definition) is 2. The van der Waals surface area contributed by atoms with Gasteiger partial charge in [0.1, 0.15) is 6.04 Å². The highest BCUT2D eigenvalue weighted by Gasteiger charge is 2.34. The lowest BCUT2D eigenvalue weighted by atomic mass is 10.0. The normalized spacial score (nSPS) is 15.9. The van der Waals surface area contributed by atoms with E-state index in [0.29, 0.717) is 29.3 Å². The van der Waals surface area contributed by atoms with Gasteiger partial charge in [-0.05, 0) is 48.4 Å². The van der Waals surface area contributed by atoms with Crippen LogP contribution >= 0.6 is 11.3 Å². The van der Waals surface area contributed by atoms with E-state index < -0.39 is 6.04 Å². The number of hydrogen-bond acceptors (Lipinski definition) is 5. The van der Waals surface area contributed by atoms with Gasteiger partial charge in [-0.15, -0.1) is 11.3 Å². The lowest BCUT2D eigenvalue weighted by Gasteiger charge is -2.33. The number of para-hydroxylation sites is 1. The Morgan fingerprint density at radius 1 is 1.03 bits per heavy atom. The summed E-state index contributed by atoms with van der Waals surface area (Å²) in [7, 11) is 0. The third kappa shape index (κ3) is 6.15. The first-order valence-corrected chi connectivity index (χ1v) is 12.6. The van der Waals surface area contributed by atoms with Crippen molar-refractivity contribution in [1.82, 2.24) is 10.6 Å². The fourth-order valence-corrected chi connectivity index (χ4v) is 4.80. The summed E-state index contributed by atoms with van der Waals surface area (Å²) in [5.74, 6) is -1.00. The first-order chi connectivity index (χ1) is 17.0. The van der Waals surface area contributed by atoms with E-state index in [0.717, 1.165) is 18.4 Å². The highest BCUT2D eigenvalue weighted by molar-refractivity contribution is 7.12. The van der Waals surface area contributed by atoms with E-state index in [9.17, 15) is 14.4 Å². The molecule has 182 valence electrons. The summed E-state index contributed by atoms with van der Waals surface area (Å²) in [6.07, 6.45) is 1.84. The molecule has 1 aliphatic rings. The average molecular weight is 492 g/mol. The standard InChI is InChI=1S/C27H29N3O4S/c1-19-9-5-6-13-22(19)30(24(31)18-29-26(32)23-14-8-16-35-23)25(20-10-3-2-4-11-20)27(33)28-17-21-12-7-15-34-21/h2-6,8-11,13-14,16,21,25H,7,12,15,17-18H2,1H3,(H,28,33)(H,29,32)/t21-,25+/m1/s1. The summed E-state index contributed by atoms with van der Waals surface area (Å²) in [4.78, 5) is 41.8. The zero-order chi connectivity index (χ0) is 24.6. The number of thiophene rings is 1. The van der Waals surface area contributed by atoms with Crippen molar-refractivity contribution < 1.29 is 19.1 Å². The molecule has 2 heterocycles. The molecule has 8 heteroatoms.